The van der Waals surface area contributed by atoms with Crippen molar-refractivity contribution in [3.63, 3.8) is 0 Å². The number of aromatic nitrogens is 2. The largest absolute Gasteiger partial charge is 0.481 e. The van der Waals surface area contributed by atoms with E-state index in [0.29, 0.717) is 5.56 Å². The van der Waals surface area contributed by atoms with Crippen LogP contribution < -0.4 is 37.6 Å². The molecule has 0 saturated carbocycles. The molecule has 0 fully saturated rings. The van der Waals surface area contributed by atoms with Crippen LogP contribution in [0.2, 0.25) is 0 Å². The van der Waals surface area contributed by atoms with Crippen molar-refractivity contribution < 1.29 is 58.8 Å². The molecule has 2 heterocycles. The number of fused-ring (bicyclic) bond motifs is 2. The third kappa shape index (κ3) is 13.6. The Morgan fingerprint density at radius 1 is 0.603 bits per heavy atom. The topological polar surface area (TPSA) is 347 Å². The maximum absolute atomic E-state index is 13.6. The first-order chi connectivity index (χ1) is 29.8. The number of aliphatic hydroxyl groups is 2. The lowest BCUT2D eigenvalue weighted by Gasteiger charge is -2.27. The van der Waals surface area contributed by atoms with Crippen molar-refractivity contribution in [1.82, 2.24) is 41.9 Å². The lowest BCUT2D eigenvalue weighted by Crippen LogP contribution is -2.60. The number of hydrogen-bond acceptors (Lipinski definition) is 11. The van der Waals surface area contributed by atoms with Crippen molar-refractivity contribution in [2.45, 2.75) is 102 Å². The van der Waals surface area contributed by atoms with Gasteiger partial charge in [0.2, 0.25) is 35.4 Å². The predicted octanol–water partition coefficient (Wildman–Crippen LogP) is -1.33. The number of carboxylic acids is 2. The van der Waals surface area contributed by atoms with Gasteiger partial charge >= 0.3 is 11.9 Å². The third-order valence-corrected chi connectivity index (χ3v) is 10.3. The summed E-state index contributed by atoms with van der Waals surface area (Å²) in [6.07, 6.45) is -0.895. The highest BCUT2D eigenvalue weighted by Crippen LogP contribution is 2.21. The number of nitrogens with two attached hydrogens (primary N) is 1. The van der Waals surface area contributed by atoms with E-state index in [1.54, 1.807) is 50.5 Å². The lowest BCUT2D eigenvalue weighted by molar-refractivity contribution is -0.143. The summed E-state index contributed by atoms with van der Waals surface area (Å²) in [7, 11) is 0. The molecule has 0 bridgehead atoms. The molecule has 4 rings (SSSR count). The highest BCUT2D eigenvalue weighted by atomic mass is 16.4. The summed E-state index contributed by atoms with van der Waals surface area (Å²) in [5.74, 6) is -8.96. The zero-order valence-corrected chi connectivity index (χ0v) is 35.1. The number of benzene rings is 2. The van der Waals surface area contributed by atoms with Crippen molar-refractivity contribution in [1.29, 1.82) is 0 Å². The summed E-state index contributed by atoms with van der Waals surface area (Å²) in [6, 6.07) is 5.67. The molecule has 14 N–H and O–H groups in total. The van der Waals surface area contributed by atoms with E-state index in [4.69, 9.17) is 5.73 Å². The quantitative estimate of drug-likeness (QED) is 0.0411. The SMILES string of the molecule is CC(C)[C@H](NC(=O)[C@H](Cc1c[nH]c2ccccc12)NC(=O)[C@@H](NC(=O)CNC(=O)[C@H](CCC(=O)O)NC(=O)[C@@H](NC(=O)[C@@H](N)Cc1c[nH]c2ccccc12)[C@@H](C)O)[C@@H](C)O)C(=O)O. The first-order valence-corrected chi connectivity index (χ1v) is 20.2. The Kier molecular flexibility index (Phi) is 17.3. The highest BCUT2D eigenvalue weighted by Gasteiger charge is 2.35. The smallest absolute Gasteiger partial charge is 0.326 e. The van der Waals surface area contributed by atoms with E-state index in [2.05, 4.69) is 41.9 Å². The van der Waals surface area contributed by atoms with E-state index in [9.17, 15) is 58.8 Å². The minimum Gasteiger partial charge on any atom is -0.481 e. The fraction of sp³-hybridized carbons (Fsp3) is 0.429. The van der Waals surface area contributed by atoms with Crippen LogP contribution in [0.3, 0.4) is 0 Å². The van der Waals surface area contributed by atoms with Crippen LogP contribution in [0.15, 0.2) is 60.9 Å². The second-order valence-electron chi connectivity index (χ2n) is 15.6. The number of carbonyl (C=O) groups excluding carboxylic acids is 6. The summed E-state index contributed by atoms with van der Waals surface area (Å²) in [5.41, 5.74) is 9.03. The van der Waals surface area contributed by atoms with E-state index in [0.717, 1.165) is 27.4 Å². The van der Waals surface area contributed by atoms with Gasteiger partial charge in [0.05, 0.1) is 24.8 Å². The Morgan fingerprint density at radius 2 is 1.10 bits per heavy atom. The Hall–Kier alpha value is -6.84. The van der Waals surface area contributed by atoms with Gasteiger partial charge in [-0.2, -0.15) is 0 Å². The van der Waals surface area contributed by atoms with Crippen LogP contribution in [0.25, 0.3) is 21.8 Å². The summed E-state index contributed by atoms with van der Waals surface area (Å²) >= 11 is 0. The van der Waals surface area contributed by atoms with Gasteiger partial charge in [-0.3, -0.25) is 33.6 Å². The number of aliphatic carboxylic acids is 2. The highest BCUT2D eigenvalue weighted by molar-refractivity contribution is 5.97. The van der Waals surface area contributed by atoms with Crippen molar-refractivity contribution in [2.24, 2.45) is 11.7 Å². The van der Waals surface area contributed by atoms with Gasteiger partial charge in [0.15, 0.2) is 0 Å². The number of H-pyrrole nitrogens is 2. The number of amides is 6. The van der Waals surface area contributed by atoms with Gasteiger partial charge in [-0.05, 0) is 55.9 Å². The van der Waals surface area contributed by atoms with E-state index in [1.165, 1.54) is 13.8 Å². The standard InChI is InChI=1S/C42H55N9O12/c1-20(2)34(42(62)63)50-39(59)31(16-24-18-45-29-12-8-6-10-26(24)29)48-40(60)35(21(3)52)49-32(54)19-46-38(58)30(13-14-33(55)56)47-41(61)36(22(4)53)51-37(57)27(43)15-23-17-44-28-11-7-5-9-25(23)28/h5-12,17-18,20-22,27,30-31,34-36,44-45,52-53H,13-16,19,43H2,1-4H3,(H,46,58)(H,47,61)(H,48,60)(H,49,54)(H,50,59)(H,51,57)(H,55,56)(H,62,63)/t21-,22-,27+,30+,31+,34+,35+,36+/m1/s1. The van der Waals surface area contributed by atoms with E-state index in [-0.39, 0.29) is 12.8 Å². The monoisotopic (exact) mass is 877 g/mol. The van der Waals surface area contributed by atoms with Gasteiger partial charge in [-0.25, -0.2) is 4.79 Å². The molecule has 0 saturated heterocycles. The van der Waals surface area contributed by atoms with Gasteiger partial charge in [0.25, 0.3) is 0 Å². The predicted molar refractivity (Wildman–Crippen MR) is 227 cm³/mol. The molecule has 0 radical (unpaired) electrons. The Labute approximate surface area is 361 Å². The molecule has 4 aromatic rings. The number of carbonyl (C=O) groups is 8. The molecule has 2 aromatic heterocycles. The number of aliphatic hydroxyl groups excluding tert-OH is 2. The Balaban J connectivity index is 1.41. The Bertz CT molecular complexity index is 2290. The molecule has 0 spiro atoms. The number of rotatable bonds is 23. The van der Waals surface area contributed by atoms with Crippen LogP contribution in [0, 0.1) is 5.92 Å². The molecule has 0 aliphatic carbocycles. The summed E-state index contributed by atoms with van der Waals surface area (Å²) in [4.78, 5) is 110. The first kappa shape index (κ1) is 48.8. The van der Waals surface area contributed by atoms with E-state index in [1.807, 2.05) is 24.3 Å². The maximum atomic E-state index is 13.6. The normalized spacial score (nSPS) is 15.2. The van der Waals surface area contributed by atoms with Crippen molar-refractivity contribution in [3.8, 4) is 0 Å². The van der Waals surface area contributed by atoms with Crippen molar-refractivity contribution in [2.75, 3.05) is 6.54 Å². The average Bonchev–Trinajstić information content (AvgIpc) is 3.84. The number of aromatic amines is 2. The number of nitrogens with one attached hydrogen (secondary N) is 8. The van der Waals surface area contributed by atoms with Crippen molar-refractivity contribution >= 4 is 69.2 Å². The summed E-state index contributed by atoms with van der Waals surface area (Å²) in [6.45, 7) is 4.72. The molecular formula is C42H55N9O12. The molecule has 340 valence electrons. The average molecular weight is 878 g/mol. The van der Waals surface area contributed by atoms with Gasteiger partial charge in [0, 0.05) is 47.0 Å². The van der Waals surface area contributed by atoms with Gasteiger partial charge in [0.1, 0.15) is 30.2 Å². The minimum absolute atomic E-state index is 0.0692. The molecule has 2 aromatic carbocycles. The van der Waals surface area contributed by atoms with Crippen LogP contribution in [0.5, 0.6) is 0 Å². The van der Waals surface area contributed by atoms with Crippen LogP contribution >= 0.6 is 0 Å². The number of carboxylic acid groups (broad SMARTS) is 2. The van der Waals surface area contributed by atoms with E-state index < -0.39 is 121 Å². The third-order valence-electron chi connectivity index (χ3n) is 10.3. The molecular weight excluding hydrogens is 823 g/mol. The van der Waals surface area contributed by atoms with Gasteiger partial charge in [-0.15, -0.1) is 0 Å². The zero-order valence-electron chi connectivity index (χ0n) is 35.1. The molecule has 0 unspecified atom stereocenters. The molecule has 6 amide bonds. The second kappa shape index (κ2) is 22.3. The maximum Gasteiger partial charge on any atom is 0.326 e. The summed E-state index contributed by atoms with van der Waals surface area (Å²) in [5, 5.41) is 55.7. The number of hydrogen-bond donors (Lipinski definition) is 13. The van der Waals surface area contributed by atoms with E-state index >= 15 is 0 Å². The zero-order chi connectivity index (χ0) is 46.5. The minimum atomic E-state index is -1.70. The van der Waals surface area contributed by atoms with Crippen LogP contribution in [-0.2, 0) is 51.2 Å². The van der Waals surface area contributed by atoms with Gasteiger partial charge in [-0.1, -0.05) is 50.2 Å². The molecule has 8 atom stereocenters. The summed E-state index contributed by atoms with van der Waals surface area (Å²) < 4.78 is 0. The molecule has 0 aliphatic rings. The fourth-order valence-electron chi connectivity index (χ4n) is 6.77. The second-order valence-corrected chi connectivity index (χ2v) is 15.6. The fourth-order valence-corrected chi connectivity index (χ4v) is 6.77. The van der Waals surface area contributed by atoms with Gasteiger partial charge < -0.3 is 68.0 Å². The first-order valence-electron chi connectivity index (χ1n) is 20.2. The van der Waals surface area contributed by atoms with Crippen LogP contribution in [-0.4, -0.2) is 133 Å². The van der Waals surface area contributed by atoms with Crippen LogP contribution in [0.4, 0.5) is 0 Å². The van der Waals surface area contributed by atoms with Crippen molar-refractivity contribution in [3.05, 3.63) is 72.1 Å². The molecule has 21 heteroatoms. The lowest BCUT2D eigenvalue weighted by atomic mass is 10.0. The number of para-hydroxylation sites is 2. The van der Waals surface area contributed by atoms with Crippen LogP contribution in [0.1, 0.15) is 51.7 Å². The molecule has 21 nitrogen and oxygen atoms in total. The Morgan fingerprint density at radius 3 is 1.60 bits per heavy atom. The molecule has 63 heavy (non-hydrogen) atoms. The molecule has 0 aliphatic heterocycles.